The third-order valence-electron chi connectivity index (χ3n) is 3.22. The normalized spacial score (nSPS) is 25.2. The molecule has 2 atom stereocenters. The lowest BCUT2D eigenvalue weighted by atomic mass is 10.3. The fourth-order valence-corrected chi connectivity index (χ4v) is 3.63. The van der Waals surface area contributed by atoms with E-state index in [1.54, 1.807) is 6.07 Å². The van der Waals surface area contributed by atoms with Gasteiger partial charge in [-0.25, -0.2) is 17.8 Å². The van der Waals surface area contributed by atoms with Crippen molar-refractivity contribution in [1.82, 2.24) is 14.3 Å². The number of imidazole rings is 1. The Balaban J connectivity index is 2.00. The summed E-state index contributed by atoms with van der Waals surface area (Å²) in [5.74, 6) is 0. The molecule has 2 N–H and O–H groups in total. The van der Waals surface area contributed by atoms with Crippen LogP contribution in [-0.2, 0) is 10.0 Å². The summed E-state index contributed by atoms with van der Waals surface area (Å²) in [4.78, 5) is 6.88. The van der Waals surface area contributed by atoms with Crippen LogP contribution in [0.15, 0.2) is 29.4 Å². The van der Waals surface area contributed by atoms with Crippen molar-refractivity contribution in [3.63, 3.8) is 0 Å². The van der Waals surface area contributed by atoms with Crippen molar-refractivity contribution in [2.45, 2.75) is 17.2 Å². The third-order valence-corrected chi connectivity index (χ3v) is 5.04. The summed E-state index contributed by atoms with van der Waals surface area (Å²) < 4.78 is 38.8. The number of halogens is 1. The van der Waals surface area contributed by atoms with E-state index in [-0.39, 0.29) is 18.0 Å². The summed E-state index contributed by atoms with van der Waals surface area (Å²) in [6.07, 6.45) is -1.32. The predicted octanol–water partition coefficient (Wildman–Crippen LogP) is 0.266. The first-order chi connectivity index (χ1) is 8.98. The highest BCUT2D eigenvalue weighted by Crippen LogP contribution is 2.24. The van der Waals surface area contributed by atoms with Gasteiger partial charge in [0, 0.05) is 13.1 Å². The Hall–Kier alpha value is -1.51. The molecule has 1 aromatic carbocycles. The number of nitrogens with one attached hydrogen (secondary N) is 1. The highest BCUT2D eigenvalue weighted by molar-refractivity contribution is 7.89. The van der Waals surface area contributed by atoms with Gasteiger partial charge in [0.15, 0.2) is 0 Å². The lowest BCUT2D eigenvalue weighted by molar-refractivity contribution is 0.117. The number of aromatic amines is 1. The molecule has 0 radical (unpaired) electrons. The number of nitrogens with zero attached hydrogens (tertiary/aromatic N) is 2. The van der Waals surface area contributed by atoms with Crippen molar-refractivity contribution in [2.75, 3.05) is 13.1 Å². The van der Waals surface area contributed by atoms with E-state index in [2.05, 4.69) is 9.97 Å². The zero-order chi connectivity index (χ0) is 13.6. The van der Waals surface area contributed by atoms with Crippen LogP contribution in [0, 0.1) is 0 Å². The first-order valence-corrected chi connectivity index (χ1v) is 7.18. The molecule has 1 aliphatic rings. The molecule has 1 aromatic heterocycles. The average molecular weight is 285 g/mol. The second-order valence-corrected chi connectivity index (χ2v) is 6.42. The minimum absolute atomic E-state index is 0.0607. The van der Waals surface area contributed by atoms with E-state index in [1.807, 2.05) is 0 Å². The number of β-amino-alcohol motifs (C(OH)–C–C–N with tert-alkyl or cyclic N) is 1. The molecule has 8 heteroatoms. The van der Waals surface area contributed by atoms with E-state index in [1.165, 1.54) is 18.5 Å². The van der Waals surface area contributed by atoms with Gasteiger partial charge in [-0.2, -0.15) is 4.31 Å². The van der Waals surface area contributed by atoms with Crippen LogP contribution < -0.4 is 0 Å². The van der Waals surface area contributed by atoms with Gasteiger partial charge in [-0.1, -0.05) is 0 Å². The van der Waals surface area contributed by atoms with Crippen LogP contribution in [0.2, 0.25) is 0 Å². The van der Waals surface area contributed by atoms with Crippen LogP contribution in [0.25, 0.3) is 11.0 Å². The molecular formula is C11H12FN3O3S. The molecule has 0 bridgehead atoms. The maximum atomic E-state index is 13.2. The van der Waals surface area contributed by atoms with Crippen LogP contribution in [-0.4, -0.2) is 53.2 Å². The number of hydrogen-bond donors (Lipinski definition) is 2. The van der Waals surface area contributed by atoms with Crippen LogP contribution in [0.5, 0.6) is 0 Å². The Kier molecular flexibility index (Phi) is 2.80. The number of aliphatic hydroxyl groups excluding tert-OH is 1. The summed E-state index contributed by atoms with van der Waals surface area (Å²) in [6.45, 7) is -0.533. The molecule has 0 saturated carbocycles. The summed E-state index contributed by atoms with van der Waals surface area (Å²) >= 11 is 0. The highest BCUT2D eigenvalue weighted by atomic mass is 32.2. The predicted molar refractivity (Wildman–Crippen MR) is 65.8 cm³/mol. The van der Waals surface area contributed by atoms with Crippen molar-refractivity contribution in [2.24, 2.45) is 0 Å². The maximum Gasteiger partial charge on any atom is 0.243 e. The van der Waals surface area contributed by atoms with Crippen molar-refractivity contribution in [3.8, 4) is 0 Å². The molecule has 1 saturated heterocycles. The van der Waals surface area contributed by atoms with Gasteiger partial charge in [-0.05, 0) is 18.2 Å². The minimum Gasteiger partial charge on any atom is -0.389 e. The third kappa shape index (κ3) is 2.01. The fraction of sp³-hybridized carbons (Fsp3) is 0.364. The van der Waals surface area contributed by atoms with Gasteiger partial charge in [-0.15, -0.1) is 0 Å². The van der Waals surface area contributed by atoms with Gasteiger partial charge in [0.25, 0.3) is 0 Å². The number of alkyl halides is 1. The van der Waals surface area contributed by atoms with Crippen LogP contribution in [0.1, 0.15) is 0 Å². The Labute approximate surface area is 108 Å². The number of hydrogen-bond acceptors (Lipinski definition) is 4. The quantitative estimate of drug-likeness (QED) is 0.829. The second kappa shape index (κ2) is 4.26. The lowest BCUT2D eigenvalue weighted by Gasteiger charge is -2.15. The Morgan fingerprint density at radius 2 is 2.21 bits per heavy atom. The largest absolute Gasteiger partial charge is 0.389 e. The Morgan fingerprint density at radius 1 is 1.42 bits per heavy atom. The first-order valence-electron chi connectivity index (χ1n) is 5.74. The molecule has 0 amide bonds. The monoisotopic (exact) mass is 285 g/mol. The zero-order valence-corrected chi connectivity index (χ0v) is 10.6. The molecule has 2 heterocycles. The number of fused-ring (bicyclic) bond motifs is 1. The first kappa shape index (κ1) is 12.5. The number of benzene rings is 1. The molecule has 102 valence electrons. The standard InChI is InChI=1S/C11H12FN3O3S/c12-8-4-15(5-11(8)16)19(17,18)7-1-2-9-10(3-7)14-6-13-9/h1-3,6,8,11,16H,4-5H2,(H,13,14)/t8-,11-/m1/s1. The Bertz CT molecular complexity index is 705. The van der Waals surface area contributed by atoms with Crippen molar-refractivity contribution < 1.29 is 17.9 Å². The van der Waals surface area contributed by atoms with Gasteiger partial charge in [-0.3, -0.25) is 0 Å². The SMILES string of the molecule is O=S(=O)(c1ccc2nc[nH]c2c1)N1C[C@@H](O)[C@H](F)C1. The van der Waals surface area contributed by atoms with E-state index < -0.39 is 22.3 Å². The molecule has 6 nitrogen and oxygen atoms in total. The topological polar surface area (TPSA) is 86.3 Å². The van der Waals surface area contributed by atoms with Crippen LogP contribution in [0.3, 0.4) is 0 Å². The number of rotatable bonds is 2. The molecule has 2 aromatic rings. The van der Waals surface area contributed by atoms with Crippen molar-refractivity contribution >= 4 is 21.1 Å². The maximum absolute atomic E-state index is 13.2. The van der Waals surface area contributed by atoms with E-state index in [4.69, 9.17) is 0 Å². The van der Waals surface area contributed by atoms with Crippen LogP contribution >= 0.6 is 0 Å². The molecule has 3 rings (SSSR count). The van der Waals surface area contributed by atoms with Crippen LogP contribution in [0.4, 0.5) is 4.39 Å². The van der Waals surface area contributed by atoms with E-state index >= 15 is 0 Å². The Morgan fingerprint density at radius 3 is 2.89 bits per heavy atom. The van der Waals surface area contributed by atoms with E-state index in [0.29, 0.717) is 11.0 Å². The summed E-state index contributed by atoms with van der Waals surface area (Å²) in [7, 11) is -3.79. The van der Waals surface area contributed by atoms with E-state index in [9.17, 15) is 17.9 Å². The molecule has 0 aliphatic carbocycles. The summed E-state index contributed by atoms with van der Waals surface area (Å²) in [5, 5.41) is 9.32. The summed E-state index contributed by atoms with van der Waals surface area (Å²) in [6, 6.07) is 4.46. The van der Waals surface area contributed by atoms with Gasteiger partial charge < -0.3 is 10.1 Å². The number of sulfonamides is 1. The second-order valence-electron chi connectivity index (χ2n) is 4.49. The number of aliphatic hydroxyl groups is 1. The van der Waals surface area contributed by atoms with Gasteiger partial charge in [0.1, 0.15) is 12.3 Å². The van der Waals surface area contributed by atoms with Gasteiger partial charge in [0.2, 0.25) is 10.0 Å². The highest BCUT2D eigenvalue weighted by Gasteiger charge is 2.38. The van der Waals surface area contributed by atoms with Gasteiger partial charge in [0.05, 0.1) is 22.3 Å². The molecule has 19 heavy (non-hydrogen) atoms. The fourth-order valence-electron chi connectivity index (χ4n) is 2.13. The minimum atomic E-state index is -3.79. The smallest absolute Gasteiger partial charge is 0.243 e. The van der Waals surface area contributed by atoms with Crippen molar-refractivity contribution in [1.29, 1.82) is 0 Å². The lowest BCUT2D eigenvalue weighted by Crippen LogP contribution is -2.29. The number of H-pyrrole nitrogens is 1. The van der Waals surface area contributed by atoms with Gasteiger partial charge >= 0.3 is 0 Å². The molecule has 0 unspecified atom stereocenters. The molecule has 1 aliphatic heterocycles. The number of aromatic nitrogens is 2. The average Bonchev–Trinajstić information content (AvgIpc) is 2.96. The molecular weight excluding hydrogens is 273 g/mol. The zero-order valence-electron chi connectivity index (χ0n) is 9.82. The van der Waals surface area contributed by atoms with E-state index in [0.717, 1.165) is 4.31 Å². The summed E-state index contributed by atoms with van der Waals surface area (Å²) in [5.41, 5.74) is 1.25. The van der Waals surface area contributed by atoms with Crippen molar-refractivity contribution in [3.05, 3.63) is 24.5 Å². The molecule has 1 fully saturated rings. The molecule has 0 spiro atoms.